The molecule has 312 valence electrons. The molecule has 0 saturated heterocycles. The van der Waals surface area contributed by atoms with Crippen molar-refractivity contribution in [1.29, 1.82) is 0 Å². The Hall–Kier alpha value is -7.24. The average Bonchev–Trinajstić information content (AvgIpc) is 3.19. The van der Waals surface area contributed by atoms with Gasteiger partial charge in [-0.3, -0.25) is 38.4 Å². The summed E-state index contributed by atoms with van der Waals surface area (Å²) in [4.78, 5) is 115. The predicted octanol–water partition coefficient (Wildman–Crippen LogP) is 4.01. The van der Waals surface area contributed by atoms with Gasteiger partial charge in [0.2, 0.25) is 11.6 Å². The molecule has 0 atom stereocenters. The summed E-state index contributed by atoms with van der Waals surface area (Å²) in [5, 5.41) is 5.01. The van der Waals surface area contributed by atoms with Crippen LogP contribution in [0.15, 0.2) is 68.2 Å². The van der Waals surface area contributed by atoms with Crippen molar-refractivity contribution in [3.8, 4) is 0 Å². The molecule has 0 spiro atoms. The Morgan fingerprint density at radius 2 is 0.717 bits per heavy atom. The number of pyridine rings is 4. The molecule has 6 aromatic heterocycles. The molecule has 0 aromatic carbocycles. The number of rotatable bonds is 4. The van der Waals surface area contributed by atoms with E-state index in [1.807, 2.05) is 52.0 Å². The number of aromatic amines is 4. The number of hydrogen-bond acceptors (Lipinski definition) is 12. The van der Waals surface area contributed by atoms with Crippen molar-refractivity contribution in [2.24, 2.45) is 0 Å². The lowest BCUT2D eigenvalue weighted by atomic mass is 9.93. The normalized spacial score (nSPS) is 13.1. The largest absolute Gasteiger partial charge is 0.315 e. The number of carbonyl (C=O) groups excluding carboxylic acids is 4. The highest BCUT2D eigenvalue weighted by atomic mass is 16.2. The number of amides is 2. The van der Waals surface area contributed by atoms with E-state index in [4.69, 9.17) is 0 Å². The Kier molecular flexibility index (Phi) is 13.6. The Morgan fingerprint density at radius 3 is 1.05 bits per heavy atom. The van der Waals surface area contributed by atoms with Crippen LogP contribution in [0.1, 0.15) is 112 Å². The smallest absolute Gasteiger partial charge is 0.314 e. The van der Waals surface area contributed by atoms with Gasteiger partial charge < -0.3 is 30.6 Å². The maximum Gasteiger partial charge on any atom is 0.315 e. The van der Waals surface area contributed by atoms with Crippen LogP contribution in [0.5, 0.6) is 0 Å². The highest BCUT2D eigenvalue weighted by Gasteiger charge is 2.27. The van der Waals surface area contributed by atoms with E-state index in [0.29, 0.717) is 45.8 Å². The first-order chi connectivity index (χ1) is 28.4. The third-order valence-electron chi connectivity index (χ3n) is 9.64. The van der Waals surface area contributed by atoms with Crippen LogP contribution in [0.4, 0.5) is 11.6 Å². The van der Waals surface area contributed by atoms with Crippen LogP contribution in [-0.2, 0) is 32.0 Å². The Balaban J connectivity index is 0.000000152. The molecule has 6 aromatic rings. The molecule has 0 unspecified atom stereocenters. The van der Waals surface area contributed by atoms with Gasteiger partial charge in [0.15, 0.2) is 11.3 Å². The predicted molar refractivity (Wildman–Crippen MR) is 225 cm³/mol. The lowest BCUT2D eigenvalue weighted by molar-refractivity contribution is -0.134. The van der Waals surface area contributed by atoms with Crippen LogP contribution in [0.25, 0.3) is 22.3 Å². The van der Waals surface area contributed by atoms with Gasteiger partial charge in [-0.15, -0.1) is 0 Å². The number of nitrogens with zero attached hydrogens (tertiary/aromatic N) is 4. The monoisotopic (exact) mass is 818 g/mol. The molecular formula is C42H46N10O8. The number of H-pyrrole nitrogens is 4. The number of fused-ring (bicyclic) bond motifs is 4. The fourth-order valence-electron chi connectivity index (χ4n) is 6.56. The van der Waals surface area contributed by atoms with Crippen LogP contribution in [0.2, 0.25) is 0 Å². The molecule has 0 aliphatic carbocycles. The second-order valence-electron chi connectivity index (χ2n) is 15.2. The van der Waals surface area contributed by atoms with Crippen molar-refractivity contribution >= 4 is 57.3 Å². The van der Waals surface area contributed by atoms with Gasteiger partial charge in [0, 0.05) is 48.8 Å². The highest BCUT2D eigenvalue weighted by molar-refractivity contribution is 6.43. The summed E-state index contributed by atoms with van der Waals surface area (Å²) in [7, 11) is 0. The average molecular weight is 819 g/mol. The van der Waals surface area contributed by atoms with E-state index in [2.05, 4.69) is 78.2 Å². The number of carbonyl (C=O) groups is 4. The number of nitrogens with one attached hydrogen (secondary N) is 6. The van der Waals surface area contributed by atoms with E-state index < -0.39 is 45.6 Å². The van der Waals surface area contributed by atoms with E-state index in [9.17, 15) is 38.4 Å². The first-order valence-electron chi connectivity index (χ1n) is 19.2. The molecule has 60 heavy (non-hydrogen) atoms. The molecule has 0 radical (unpaired) electrons. The number of ketones is 2. The molecule has 2 aliphatic heterocycles. The minimum Gasteiger partial charge on any atom is -0.314 e. The van der Waals surface area contributed by atoms with E-state index in [-0.39, 0.29) is 24.7 Å². The van der Waals surface area contributed by atoms with E-state index >= 15 is 0 Å². The Labute approximate surface area is 342 Å². The summed E-state index contributed by atoms with van der Waals surface area (Å²) in [6, 6.07) is 7.46. The minimum atomic E-state index is -0.670. The standard InChI is InChI=1S/2C11H12N2O2.2C10H11N3O2/c2*1-6(2)7-3-4-12-10-8(7)5-9(14)11(15)13-10;2*1-5(2)6-3-4-11-8-7(6)12-9(14)10(15)13-8/h2*3-4,6H,5H2,1-2H3,(H,12,13,15);2*3-5H,1-2H3,(H,12,14)(H,11,13,15). The van der Waals surface area contributed by atoms with Gasteiger partial charge in [-0.25, -0.2) is 19.9 Å². The van der Waals surface area contributed by atoms with Crippen molar-refractivity contribution in [3.05, 3.63) is 124 Å². The lowest BCUT2D eigenvalue weighted by Gasteiger charge is -2.19. The van der Waals surface area contributed by atoms with Crippen LogP contribution in [-0.4, -0.2) is 63.3 Å². The SMILES string of the molecule is CC(C)c1ccnc2[nH]c(=O)c(=O)[nH]c12.CC(C)c1ccnc2[nH]c(=O)c(=O)[nH]c12.CC(C)c1ccnc2c1CC(=O)C(=O)N2.CC(C)c1ccnc2c1CC(=O)C(=O)N2. The van der Waals surface area contributed by atoms with Gasteiger partial charge in [0.1, 0.15) is 11.6 Å². The zero-order valence-corrected chi connectivity index (χ0v) is 34.4. The number of aromatic nitrogens is 8. The minimum absolute atomic E-state index is 0.169. The summed E-state index contributed by atoms with van der Waals surface area (Å²) in [5.41, 5.74) is 5.24. The van der Waals surface area contributed by atoms with E-state index in [0.717, 1.165) is 33.4 Å². The van der Waals surface area contributed by atoms with Gasteiger partial charge in [-0.05, 0) is 70.2 Å². The number of anilines is 2. The van der Waals surface area contributed by atoms with Crippen LogP contribution < -0.4 is 32.9 Å². The lowest BCUT2D eigenvalue weighted by Crippen LogP contribution is -2.31. The van der Waals surface area contributed by atoms with Crippen molar-refractivity contribution in [2.45, 2.75) is 91.9 Å². The van der Waals surface area contributed by atoms with Crippen LogP contribution in [0.3, 0.4) is 0 Å². The Bertz CT molecular complexity index is 2670. The second-order valence-corrected chi connectivity index (χ2v) is 15.2. The molecule has 8 heterocycles. The maximum atomic E-state index is 11.3. The van der Waals surface area contributed by atoms with Gasteiger partial charge in [-0.1, -0.05) is 55.4 Å². The van der Waals surface area contributed by atoms with Gasteiger partial charge in [0.25, 0.3) is 11.8 Å². The third kappa shape index (κ3) is 9.88. The summed E-state index contributed by atoms with van der Waals surface area (Å²) >= 11 is 0. The van der Waals surface area contributed by atoms with Crippen LogP contribution >= 0.6 is 0 Å². The van der Waals surface area contributed by atoms with E-state index in [1.165, 1.54) is 0 Å². The van der Waals surface area contributed by atoms with Crippen molar-refractivity contribution in [1.82, 2.24) is 39.9 Å². The zero-order valence-electron chi connectivity index (χ0n) is 34.4. The summed E-state index contributed by atoms with van der Waals surface area (Å²) in [5.74, 6) is 0.335. The maximum absolute atomic E-state index is 11.3. The number of hydrogen-bond donors (Lipinski definition) is 6. The molecule has 2 amide bonds. The quantitative estimate of drug-likeness (QED) is 0.138. The van der Waals surface area contributed by atoms with Crippen molar-refractivity contribution < 1.29 is 19.2 Å². The topological polar surface area (TPSA) is 275 Å². The van der Waals surface area contributed by atoms with Crippen molar-refractivity contribution in [2.75, 3.05) is 10.6 Å². The fraction of sp³-hybridized carbons (Fsp3) is 0.333. The first kappa shape index (κ1) is 43.9. The summed E-state index contributed by atoms with van der Waals surface area (Å²) in [6.45, 7) is 16.3. The molecule has 8 rings (SSSR count). The van der Waals surface area contributed by atoms with Gasteiger partial charge in [0.05, 0.1) is 11.0 Å². The molecule has 0 fully saturated rings. The molecule has 2 aliphatic rings. The third-order valence-corrected chi connectivity index (χ3v) is 9.64. The van der Waals surface area contributed by atoms with E-state index in [1.54, 1.807) is 24.8 Å². The molecule has 0 bridgehead atoms. The van der Waals surface area contributed by atoms with Crippen LogP contribution in [0, 0.1) is 0 Å². The summed E-state index contributed by atoms with van der Waals surface area (Å²) < 4.78 is 0. The highest BCUT2D eigenvalue weighted by Crippen LogP contribution is 2.28. The summed E-state index contributed by atoms with van der Waals surface area (Å²) in [6.07, 6.45) is 6.89. The molecular weight excluding hydrogens is 773 g/mol. The van der Waals surface area contributed by atoms with Crippen molar-refractivity contribution in [3.63, 3.8) is 0 Å². The molecule has 18 nitrogen and oxygen atoms in total. The Morgan fingerprint density at radius 1 is 0.417 bits per heavy atom. The zero-order chi connectivity index (χ0) is 44.0. The number of Topliss-reactive ketones (excluding diaryl/α,β-unsaturated/α-hetero) is 2. The first-order valence-corrected chi connectivity index (χ1v) is 19.2. The molecule has 6 N–H and O–H groups in total. The van der Waals surface area contributed by atoms with Gasteiger partial charge >= 0.3 is 22.2 Å². The second kappa shape index (κ2) is 18.6. The molecule has 18 heteroatoms. The van der Waals surface area contributed by atoms with Gasteiger partial charge in [-0.2, -0.15) is 0 Å². The fourth-order valence-corrected chi connectivity index (χ4v) is 6.56. The molecule has 0 saturated carbocycles.